The second-order valence-electron chi connectivity index (χ2n) is 6.14. The number of pyridine rings is 1. The molecule has 1 N–H and O–H groups in total. The van der Waals surface area contributed by atoms with Crippen molar-refractivity contribution in [1.29, 1.82) is 5.26 Å². The highest BCUT2D eigenvalue weighted by Gasteiger charge is 2.24. The number of anilines is 1. The SMILES string of the molecule is Cc1cc(NC2CC(C)CC(C)C2)c(C#N)c(C)n1. The van der Waals surface area contributed by atoms with E-state index in [0.29, 0.717) is 11.6 Å². The third-order valence-corrected chi connectivity index (χ3v) is 3.98. The summed E-state index contributed by atoms with van der Waals surface area (Å²) < 4.78 is 0. The van der Waals surface area contributed by atoms with Crippen molar-refractivity contribution in [2.45, 2.75) is 53.0 Å². The molecule has 1 aliphatic carbocycles. The van der Waals surface area contributed by atoms with E-state index >= 15 is 0 Å². The van der Waals surface area contributed by atoms with Gasteiger partial charge in [0.25, 0.3) is 0 Å². The fraction of sp³-hybridized carbons (Fsp3) is 0.625. The van der Waals surface area contributed by atoms with Gasteiger partial charge in [-0.15, -0.1) is 0 Å². The zero-order valence-electron chi connectivity index (χ0n) is 12.3. The summed E-state index contributed by atoms with van der Waals surface area (Å²) in [6, 6.07) is 4.75. The first-order chi connectivity index (χ1) is 8.99. The van der Waals surface area contributed by atoms with Gasteiger partial charge in [-0.05, 0) is 51.0 Å². The van der Waals surface area contributed by atoms with Gasteiger partial charge in [0.05, 0.1) is 16.9 Å². The van der Waals surface area contributed by atoms with Crippen LogP contribution in [0, 0.1) is 37.0 Å². The molecule has 19 heavy (non-hydrogen) atoms. The summed E-state index contributed by atoms with van der Waals surface area (Å²) in [6.07, 6.45) is 3.70. The number of nitriles is 1. The van der Waals surface area contributed by atoms with Crippen LogP contribution in [0.3, 0.4) is 0 Å². The molecule has 0 radical (unpaired) electrons. The first-order valence-corrected chi connectivity index (χ1v) is 7.14. The van der Waals surface area contributed by atoms with E-state index in [-0.39, 0.29) is 0 Å². The topological polar surface area (TPSA) is 48.7 Å². The van der Waals surface area contributed by atoms with Crippen molar-refractivity contribution < 1.29 is 0 Å². The summed E-state index contributed by atoms with van der Waals surface area (Å²) >= 11 is 0. The monoisotopic (exact) mass is 257 g/mol. The lowest BCUT2D eigenvalue weighted by Crippen LogP contribution is -2.30. The molecule has 1 saturated carbocycles. The molecule has 0 spiro atoms. The molecule has 3 heteroatoms. The quantitative estimate of drug-likeness (QED) is 0.876. The summed E-state index contributed by atoms with van der Waals surface area (Å²) in [5.74, 6) is 1.52. The Kier molecular flexibility index (Phi) is 4.09. The van der Waals surface area contributed by atoms with Gasteiger partial charge < -0.3 is 5.32 Å². The molecule has 1 aromatic rings. The van der Waals surface area contributed by atoms with Gasteiger partial charge in [-0.25, -0.2) is 0 Å². The van der Waals surface area contributed by atoms with E-state index in [4.69, 9.17) is 0 Å². The van der Waals surface area contributed by atoms with Gasteiger partial charge in [0, 0.05) is 11.7 Å². The molecule has 0 aromatic carbocycles. The van der Waals surface area contributed by atoms with E-state index in [0.717, 1.165) is 28.9 Å². The lowest BCUT2D eigenvalue weighted by molar-refractivity contribution is 0.281. The first kappa shape index (κ1) is 13.9. The van der Waals surface area contributed by atoms with Crippen molar-refractivity contribution in [3.8, 4) is 6.07 Å². The zero-order valence-corrected chi connectivity index (χ0v) is 12.3. The maximum absolute atomic E-state index is 9.29. The standard InChI is InChI=1S/C16H23N3/c1-10-5-11(2)7-14(6-10)19-16-8-12(3)18-13(4)15(16)9-17/h8,10-11,14H,5-7H2,1-4H3,(H,18,19). The largest absolute Gasteiger partial charge is 0.381 e. The maximum atomic E-state index is 9.29. The summed E-state index contributed by atoms with van der Waals surface area (Å²) in [5.41, 5.74) is 3.44. The van der Waals surface area contributed by atoms with Crippen LogP contribution in [0.2, 0.25) is 0 Å². The number of hydrogen-bond donors (Lipinski definition) is 1. The first-order valence-electron chi connectivity index (χ1n) is 7.14. The molecule has 3 nitrogen and oxygen atoms in total. The van der Waals surface area contributed by atoms with Crippen molar-refractivity contribution in [3.63, 3.8) is 0 Å². The number of aryl methyl sites for hydroxylation is 2. The number of aromatic nitrogens is 1. The highest BCUT2D eigenvalue weighted by molar-refractivity contribution is 5.60. The fourth-order valence-corrected chi connectivity index (χ4v) is 3.37. The summed E-state index contributed by atoms with van der Waals surface area (Å²) in [4.78, 5) is 4.37. The van der Waals surface area contributed by atoms with E-state index in [2.05, 4.69) is 30.2 Å². The van der Waals surface area contributed by atoms with Crippen LogP contribution in [0.25, 0.3) is 0 Å². The smallest absolute Gasteiger partial charge is 0.103 e. The maximum Gasteiger partial charge on any atom is 0.103 e. The van der Waals surface area contributed by atoms with Crippen molar-refractivity contribution in [2.24, 2.45) is 11.8 Å². The van der Waals surface area contributed by atoms with E-state index in [1.165, 1.54) is 19.3 Å². The molecule has 1 heterocycles. The molecule has 0 aliphatic heterocycles. The molecule has 102 valence electrons. The molecule has 0 amide bonds. The Bertz CT molecular complexity index is 491. The molecule has 0 saturated heterocycles. The van der Waals surface area contributed by atoms with Crippen molar-refractivity contribution in [1.82, 2.24) is 4.98 Å². The Morgan fingerprint density at radius 3 is 2.42 bits per heavy atom. The van der Waals surface area contributed by atoms with Gasteiger partial charge in [0.1, 0.15) is 6.07 Å². The van der Waals surface area contributed by atoms with Crippen LogP contribution in [0.15, 0.2) is 6.07 Å². The lowest BCUT2D eigenvalue weighted by atomic mass is 9.80. The Morgan fingerprint density at radius 2 is 1.84 bits per heavy atom. The van der Waals surface area contributed by atoms with Gasteiger partial charge in [0.15, 0.2) is 0 Å². The predicted octanol–water partition coefficient (Wildman–Crippen LogP) is 3.81. The molecule has 1 aliphatic rings. The van der Waals surface area contributed by atoms with E-state index in [1.54, 1.807) is 0 Å². The lowest BCUT2D eigenvalue weighted by Gasteiger charge is -2.33. The van der Waals surface area contributed by atoms with Crippen LogP contribution in [0.5, 0.6) is 0 Å². The highest BCUT2D eigenvalue weighted by atomic mass is 14.9. The van der Waals surface area contributed by atoms with E-state index < -0.39 is 0 Å². The van der Waals surface area contributed by atoms with Gasteiger partial charge in [0.2, 0.25) is 0 Å². The van der Waals surface area contributed by atoms with Crippen molar-refractivity contribution in [3.05, 3.63) is 23.0 Å². The molecule has 1 aromatic heterocycles. The number of nitrogens with one attached hydrogen (secondary N) is 1. The minimum Gasteiger partial charge on any atom is -0.381 e. The summed E-state index contributed by atoms with van der Waals surface area (Å²) in [6.45, 7) is 8.52. The van der Waals surface area contributed by atoms with Gasteiger partial charge >= 0.3 is 0 Å². The third kappa shape index (κ3) is 3.26. The summed E-state index contributed by atoms with van der Waals surface area (Å²) in [5, 5.41) is 12.9. The van der Waals surface area contributed by atoms with Crippen LogP contribution >= 0.6 is 0 Å². The second-order valence-corrected chi connectivity index (χ2v) is 6.14. The van der Waals surface area contributed by atoms with Crippen LogP contribution in [-0.4, -0.2) is 11.0 Å². The van der Waals surface area contributed by atoms with Crippen molar-refractivity contribution >= 4 is 5.69 Å². The normalized spacial score (nSPS) is 26.8. The van der Waals surface area contributed by atoms with Gasteiger partial charge in [-0.1, -0.05) is 13.8 Å². The van der Waals surface area contributed by atoms with Gasteiger partial charge in [-0.2, -0.15) is 5.26 Å². The van der Waals surface area contributed by atoms with Crippen molar-refractivity contribution in [2.75, 3.05) is 5.32 Å². The number of rotatable bonds is 2. The highest BCUT2D eigenvalue weighted by Crippen LogP contribution is 2.31. The Morgan fingerprint density at radius 1 is 1.21 bits per heavy atom. The molecule has 2 atom stereocenters. The van der Waals surface area contributed by atoms with Crippen LogP contribution < -0.4 is 5.32 Å². The Hall–Kier alpha value is -1.56. The predicted molar refractivity (Wildman–Crippen MR) is 78.0 cm³/mol. The average Bonchev–Trinajstić information content (AvgIpc) is 2.26. The Balaban J connectivity index is 2.21. The number of hydrogen-bond acceptors (Lipinski definition) is 3. The molecular weight excluding hydrogens is 234 g/mol. The second kappa shape index (κ2) is 5.61. The third-order valence-electron chi connectivity index (χ3n) is 3.98. The number of nitrogens with zero attached hydrogens (tertiary/aromatic N) is 2. The average molecular weight is 257 g/mol. The van der Waals surface area contributed by atoms with Crippen LogP contribution in [-0.2, 0) is 0 Å². The zero-order chi connectivity index (χ0) is 14.0. The van der Waals surface area contributed by atoms with E-state index in [9.17, 15) is 5.26 Å². The Labute approximate surface area is 116 Å². The molecular formula is C16H23N3. The summed E-state index contributed by atoms with van der Waals surface area (Å²) in [7, 11) is 0. The molecule has 0 bridgehead atoms. The van der Waals surface area contributed by atoms with E-state index in [1.807, 2.05) is 19.9 Å². The molecule has 2 unspecified atom stereocenters. The molecule has 1 fully saturated rings. The van der Waals surface area contributed by atoms with Gasteiger partial charge in [-0.3, -0.25) is 4.98 Å². The molecule has 2 rings (SSSR count). The minimum absolute atomic E-state index is 0.479. The van der Waals surface area contributed by atoms with Crippen LogP contribution in [0.4, 0.5) is 5.69 Å². The minimum atomic E-state index is 0.479. The fourth-order valence-electron chi connectivity index (χ4n) is 3.37. The van der Waals surface area contributed by atoms with Crippen LogP contribution in [0.1, 0.15) is 50.1 Å².